The minimum atomic E-state index is 0.259. The van der Waals surface area contributed by atoms with Gasteiger partial charge in [-0.1, -0.05) is 0 Å². The molecule has 1 fully saturated rings. The van der Waals surface area contributed by atoms with Gasteiger partial charge in [0.15, 0.2) is 5.78 Å². The number of aryl methyl sites for hydroxylation is 1. The van der Waals surface area contributed by atoms with Gasteiger partial charge in [-0.3, -0.25) is 4.79 Å². The third kappa shape index (κ3) is 2.04. The first-order valence-corrected chi connectivity index (χ1v) is 5.90. The van der Waals surface area contributed by atoms with Crippen LogP contribution in [0.3, 0.4) is 0 Å². The Morgan fingerprint density at radius 3 is 2.71 bits per heavy atom. The first-order chi connectivity index (χ1) is 6.77. The van der Waals surface area contributed by atoms with Crippen molar-refractivity contribution in [2.75, 3.05) is 13.1 Å². The number of carbonyl (C=O) groups is 1. The number of hydrogen-bond acceptors (Lipinski definition) is 3. The van der Waals surface area contributed by atoms with Crippen LogP contribution in [0.25, 0.3) is 0 Å². The lowest BCUT2D eigenvalue weighted by molar-refractivity contribution is 0.0899. The van der Waals surface area contributed by atoms with Gasteiger partial charge in [0, 0.05) is 10.8 Å². The van der Waals surface area contributed by atoms with Crippen LogP contribution in [0.2, 0.25) is 0 Å². The Balaban J connectivity index is 2.07. The van der Waals surface area contributed by atoms with Crippen molar-refractivity contribution in [1.82, 2.24) is 5.32 Å². The average molecular weight is 209 g/mol. The zero-order valence-electron chi connectivity index (χ0n) is 8.38. The van der Waals surface area contributed by atoms with E-state index >= 15 is 0 Å². The predicted molar refractivity (Wildman–Crippen MR) is 59.0 cm³/mol. The van der Waals surface area contributed by atoms with Crippen LogP contribution in [0.1, 0.15) is 27.4 Å². The van der Waals surface area contributed by atoms with E-state index in [1.807, 2.05) is 19.1 Å². The highest BCUT2D eigenvalue weighted by molar-refractivity contribution is 7.14. The molecule has 0 amide bonds. The minimum absolute atomic E-state index is 0.259. The third-order valence-corrected chi connectivity index (χ3v) is 3.71. The smallest absolute Gasteiger partial charge is 0.175 e. The van der Waals surface area contributed by atoms with E-state index in [0.29, 0.717) is 5.78 Å². The Labute approximate surface area is 88.3 Å². The fourth-order valence-electron chi connectivity index (χ4n) is 1.85. The monoisotopic (exact) mass is 209 g/mol. The molecule has 0 unspecified atom stereocenters. The highest BCUT2D eigenvalue weighted by atomic mass is 32.1. The van der Waals surface area contributed by atoms with E-state index in [0.717, 1.165) is 30.8 Å². The Hall–Kier alpha value is -0.670. The first-order valence-electron chi connectivity index (χ1n) is 5.09. The highest BCUT2D eigenvalue weighted by Crippen LogP contribution is 2.23. The number of thiophene rings is 1. The molecular weight excluding hydrogens is 194 g/mol. The molecule has 2 heterocycles. The zero-order valence-corrected chi connectivity index (χ0v) is 9.19. The standard InChI is InChI=1S/C11H15NOS/c1-8-2-3-10(14-8)11(13)9-4-6-12-7-5-9/h2-3,9,12H,4-7H2,1H3. The molecule has 1 N–H and O–H groups in total. The third-order valence-electron chi connectivity index (χ3n) is 2.69. The molecule has 1 aromatic rings. The predicted octanol–water partition coefficient (Wildman–Crippen LogP) is 2.24. The van der Waals surface area contributed by atoms with Crippen LogP contribution in [-0.2, 0) is 0 Å². The number of nitrogens with one attached hydrogen (secondary N) is 1. The Kier molecular flexibility index (Phi) is 2.99. The van der Waals surface area contributed by atoms with Crippen LogP contribution in [0, 0.1) is 12.8 Å². The molecule has 14 heavy (non-hydrogen) atoms. The van der Waals surface area contributed by atoms with E-state index in [-0.39, 0.29) is 5.92 Å². The largest absolute Gasteiger partial charge is 0.317 e. The van der Waals surface area contributed by atoms with Gasteiger partial charge < -0.3 is 5.32 Å². The molecule has 76 valence electrons. The lowest BCUT2D eigenvalue weighted by Crippen LogP contribution is -2.31. The molecule has 0 spiro atoms. The van der Waals surface area contributed by atoms with E-state index < -0.39 is 0 Å². The summed E-state index contributed by atoms with van der Waals surface area (Å²) in [5.41, 5.74) is 0. The lowest BCUT2D eigenvalue weighted by Gasteiger charge is -2.20. The van der Waals surface area contributed by atoms with Crippen molar-refractivity contribution in [3.05, 3.63) is 21.9 Å². The quantitative estimate of drug-likeness (QED) is 0.757. The second kappa shape index (κ2) is 4.24. The first kappa shape index (κ1) is 9.87. The van der Waals surface area contributed by atoms with Crippen LogP contribution in [0.5, 0.6) is 0 Å². The van der Waals surface area contributed by atoms with Crippen molar-refractivity contribution in [2.24, 2.45) is 5.92 Å². The molecule has 1 aliphatic rings. The van der Waals surface area contributed by atoms with Crippen LogP contribution in [0.15, 0.2) is 12.1 Å². The summed E-state index contributed by atoms with van der Waals surface area (Å²) in [4.78, 5) is 14.2. The summed E-state index contributed by atoms with van der Waals surface area (Å²) >= 11 is 1.62. The van der Waals surface area contributed by atoms with Crippen molar-refractivity contribution in [3.63, 3.8) is 0 Å². The number of Topliss-reactive ketones (excluding diaryl/α,β-unsaturated/α-hetero) is 1. The summed E-state index contributed by atoms with van der Waals surface area (Å²) in [6.07, 6.45) is 1.99. The summed E-state index contributed by atoms with van der Waals surface area (Å²) in [7, 11) is 0. The van der Waals surface area contributed by atoms with Gasteiger partial charge in [-0.05, 0) is 45.0 Å². The molecule has 2 rings (SSSR count). The van der Waals surface area contributed by atoms with Crippen LogP contribution in [-0.4, -0.2) is 18.9 Å². The molecule has 1 saturated heterocycles. The second-order valence-electron chi connectivity index (χ2n) is 3.80. The molecule has 0 atom stereocenters. The van der Waals surface area contributed by atoms with Gasteiger partial charge in [-0.2, -0.15) is 0 Å². The second-order valence-corrected chi connectivity index (χ2v) is 5.09. The normalized spacial score (nSPS) is 18.4. The van der Waals surface area contributed by atoms with Gasteiger partial charge in [0.2, 0.25) is 0 Å². The van der Waals surface area contributed by atoms with Crippen molar-refractivity contribution in [3.8, 4) is 0 Å². The molecule has 0 aromatic carbocycles. The van der Waals surface area contributed by atoms with Crippen LogP contribution >= 0.6 is 11.3 Å². The van der Waals surface area contributed by atoms with Crippen molar-refractivity contribution >= 4 is 17.1 Å². The van der Waals surface area contributed by atoms with Crippen molar-refractivity contribution in [2.45, 2.75) is 19.8 Å². The Bertz CT molecular complexity index is 326. The van der Waals surface area contributed by atoms with Crippen LogP contribution < -0.4 is 5.32 Å². The molecular formula is C11H15NOS. The topological polar surface area (TPSA) is 29.1 Å². The molecule has 0 aliphatic carbocycles. The molecule has 0 saturated carbocycles. The van der Waals surface area contributed by atoms with Gasteiger partial charge in [-0.15, -0.1) is 11.3 Å². The van der Waals surface area contributed by atoms with Gasteiger partial charge in [0.25, 0.3) is 0 Å². The maximum atomic E-state index is 12.0. The maximum Gasteiger partial charge on any atom is 0.175 e. The molecule has 1 aliphatic heterocycles. The maximum absolute atomic E-state index is 12.0. The Morgan fingerprint density at radius 2 is 2.14 bits per heavy atom. The summed E-state index contributed by atoms with van der Waals surface area (Å²) in [6, 6.07) is 3.99. The molecule has 1 aromatic heterocycles. The van der Waals surface area contributed by atoms with Gasteiger partial charge in [-0.25, -0.2) is 0 Å². The number of rotatable bonds is 2. The molecule has 0 bridgehead atoms. The van der Waals surface area contributed by atoms with E-state index in [2.05, 4.69) is 5.32 Å². The molecule has 3 heteroatoms. The van der Waals surface area contributed by atoms with E-state index in [1.54, 1.807) is 11.3 Å². The fourth-order valence-corrected chi connectivity index (χ4v) is 2.74. The summed E-state index contributed by atoms with van der Waals surface area (Å²) in [5.74, 6) is 0.610. The number of piperidine rings is 1. The van der Waals surface area contributed by atoms with Crippen molar-refractivity contribution in [1.29, 1.82) is 0 Å². The SMILES string of the molecule is Cc1ccc(C(=O)C2CCNCC2)s1. The number of hydrogen-bond donors (Lipinski definition) is 1. The van der Waals surface area contributed by atoms with Gasteiger partial charge in [0.1, 0.15) is 0 Å². The summed E-state index contributed by atoms with van der Waals surface area (Å²) in [5, 5.41) is 3.28. The number of ketones is 1. The zero-order chi connectivity index (χ0) is 9.97. The minimum Gasteiger partial charge on any atom is -0.317 e. The van der Waals surface area contributed by atoms with Crippen molar-refractivity contribution < 1.29 is 4.79 Å². The molecule has 0 radical (unpaired) electrons. The van der Waals surface area contributed by atoms with E-state index in [1.165, 1.54) is 4.88 Å². The van der Waals surface area contributed by atoms with Crippen LogP contribution in [0.4, 0.5) is 0 Å². The number of carbonyl (C=O) groups excluding carboxylic acids is 1. The van der Waals surface area contributed by atoms with E-state index in [4.69, 9.17) is 0 Å². The van der Waals surface area contributed by atoms with Gasteiger partial charge in [0.05, 0.1) is 4.88 Å². The Morgan fingerprint density at radius 1 is 1.43 bits per heavy atom. The van der Waals surface area contributed by atoms with Gasteiger partial charge >= 0.3 is 0 Å². The highest BCUT2D eigenvalue weighted by Gasteiger charge is 2.22. The lowest BCUT2D eigenvalue weighted by atomic mass is 9.93. The summed E-state index contributed by atoms with van der Waals surface area (Å²) < 4.78 is 0. The fraction of sp³-hybridized carbons (Fsp3) is 0.545. The molecule has 2 nitrogen and oxygen atoms in total. The average Bonchev–Trinajstić information content (AvgIpc) is 2.65. The summed E-state index contributed by atoms with van der Waals surface area (Å²) in [6.45, 7) is 4.02. The van der Waals surface area contributed by atoms with E-state index in [9.17, 15) is 4.79 Å².